The summed E-state index contributed by atoms with van der Waals surface area (Å²) in [5.74, 6) is -0.295. The highest BCUT2D eigenvalue weighted by Gasteiger charge is 2.37. The van der Waals surface area contributed by atoms with Gasteiger partial charge in [-0.1, -0.05) is 48.6 Å². The highest BCUT2D eigenvalue weighted by atomic mass is 32.1. The number of rotatable bonds is 5. The second kappa shape index (κ2) is 8.97. The van der Waals surface area contributed by atoms with E-state index in [9.17, 15) is 19.8 Å². The van der Waals surface area contributed by atoms with Gasteiger partial charge in [-0.05, 0) is 50.7 Å². The molecular weight excluding hydrogens is 390 g/mol. The lowest BCUT2D eigenvalue weighted by atomic mass is 9.80. The molecule has 3 unspecified atom stereocenters. The van der Waals surface area contributed by atoms with Crippen LogP contribution in [0, 0.1) is 11.8 Å². The van der Waals surface area contributed by atoms with E-state index in [-0.39, 0.29) is 17.0 Å². The number of aliphatic hydroxyl groups is 1. The summed E-state index contributed by atoms with van der Waals surface area (Å²) in [4.78, 5) is 27.1. The van der Waals surface area contributed by atoms with Gasteiger partial charge in [0.05, 0.1) is 17.7 Å². The lowest BCUT2D eigenvalue weighted by molar-refractivity contribution is -0.128. The third kappa shape index (κ3) is 4.79. The standard InChI is InChI=1S/C22H27NO5S/c1-13(2)23(20(25)16-10-9-14(3)11-18(16)24)17-12-19(15-7-5-4-6-8-15)29-21(17)28-22(26)27/h4-8,12-14,16,18,24H,9-11H2,1-3H3,(H,26,27). The third-order valence-corrected chi connectivity index (χ3v) is 6.38. The Kier molecular flexibility index (Phi) is 6.59. The average Bonchev–Trinajstić information content (AvgIpc) is 3.05. The van der Waals surface area contributed by atoms with Gasteiger partial charge in [-0.15, -0.1) is 0 Å². The molecule has 1 aromatic heterocycles. The number of ether oxygens (including phenoxy) is 1. The predicted molar refractivity (Wildman–Crippen MR) is 114 cm³/mol. The topological polar surface area (TPSA) is 87.1 Å². The zero-order chi connectivity index (χ0) is 21.1. The number of anilines is 1. The number of aliphatic hydroxyl groups excluding tert-OH is 1. The van der Waals surface area contributed by atoms with Gasteiger partial charge in [0.2, 0.25) is 11.0 Å². The number of carbonyl (C=O) groups is 2. The minimum absolute atomic E-state index is 0.164. The Bertz CT molecular complexity index is 863. The van der Waals surface area contributed by atoms with E-state index in [1.165, 1.54) is 11.3 Å². The molecule has 7 heteroatoms. The van der Waals surface area contributed by atoms with Crippen molar-refractivity contribution in [1.29, 1.82) is 0 Å². The lowest BCUT2D eigenvalue weighted by Gasteiger charge is -2.36. The summed E-state index contributed by atoms with van der Waals surface area (Å²) in [5.41, 5.74) is 1.35. The second-order valence-electron chi connectivity index (χ2n) is 7.91. The molecule has 1 aliphatic rings. The molecular formula is C22H27NO5S. The first-order valence-corrected chi connectivity index (χ1v) is 10.7. The molecule has 156 valence electrons. The summed E-state index contributed by atoms with van der Waals surface area (Å²) in [6.45, 7) is 5.83. The largest absolute Gasteiger partial charge is 0.512 e. The van der Waals surface area contributed by atoms with Gasteiger partial charge in [-0.3, -0.25) is 4.79 Å². The van der Waals surface area contributed by atoms with Gasteiger partial charge < -0.3 is 19.8 Å². The van der Waals surface area contributed by atoms with E-state index < -0.39 is 18.2 Å². The fourth-order valence-corrected chi connectivity index (χ4v) is 4.90. The van der Waals surface area contributed by atoms with E-state index in [1.807, 2.05) is 44.2 Å². The van der Waals surface area contributed by atoms with Crippen LogP contribution >= 0.6 is 11.3 Å². The van der Waals surface area contributed by atoms with Gasteiger partial charge in [0.15, 0.2) is 0 Å². The summed E-state index contributed by atoms with van der Waals surface area (Å²) in [5, 5.41) is 19.9. The van der Waals surface area contributed by atoms with Crippen molar-refractivity contribution in [3.8, 4) is 15.5 Å². The molecule has 1 aliphatic carbocycles. The van der Waals surface area contributed by atoms with Gasteiger partial charge in [-0.25, -0.2) is 4.79 Å². The third-order valence-electron chi connectivity index (χ3n) is 5.33. The fourth-order valence-electron chi connectivity index (χ4n) is 3.90. The first kappa shape index (κ1) is 21.3. The predicted octanol–water partition coefficient (Wildman–Crippen LogP) is 5.01. The quantitative estimate of drug-likeness (QED) is 0.668. The van der Waals surface area contributed by atoms with E-state index >= 15 is 0 Å². The SMILES string of the molecule is CC1CCC(C(=O)N(c2cc(-c3ccccc3)sc2OC(=O)O)C(C)C)C(O)C1. The zero-order valence-electron chi connectivity index (χ0n) is 16.9. The Morgan fingerprint density at radius 1 is 1.21 bits per heavy atom. The number of hydrogen-bond donors (Lipinski definition) is 2. The summed E-state index contributed by atoms with van der Waals surface area (Å²) in [6, 6.07) is 11.1. The van der Waals surface area contributed by atoms with Crippen LogP contribution in [-0.2, 0) is 4.79 Å². The summed E-state index contributed by atoms with van der Waals surface area (Å²) in [6.07, 6.45) is -0.00919. The molecule has 6 nitrogen and oxygen atoms in total. The van der Waals surface area contributed by atoms with Crippen molar-refractivity contribution in [2.75, 3.05) is 4.90 Å². The highest BCUT2D eigenvalue weighted by Crippen LogP contribution is 2.44. The van der Waals surface area contributed by atoms with E-state index in [4.69, 9.17) is 4.74 Å². The van der Waals surface area contributed by atoms with Crippen LogP contribution in [0.4, 0.5) is 10.5 Å². The van der Waals surface area contributed by atoms with Crippen molar-refractivity contribution in [1.82, 2.24) is 0 Å². The van der Waals surface area contributed by atoms with Crippen molar-refractivity contribution >= 4 is 29.1 Å². The van der Waals surface area contributed by atoms with Crippen LogP contribution in [0.25, 0.3) is 10.4 Å². The summed E-state index contributed by atoms with van der Waals surface area (Å²) < 4.78 is 5.04. The van der Waals surface area contributed by atoms with Crippen molar-refractivity contribution in [3.63, 3.8) is 0 Å². The van der Waals surface area contributed by atoms with Crippen LogP contribution in [-0.4, -0.2) is 34.4 Å². The van der Waals surface area contributed by atoms with Crippen molar-refractivity contribution in [2.24, 2.45) is 11.8 Å². The van der Waals surface area contributed by atoms with Crippen LogP contribution < -0.4 is 9.64 Å². The molecule has 0 radical (unpaired) electrons. The van der Waals surface area contributed by atoms with Gasteiger partial charge in [0, 0.05) is 10.9 Å². The molecule has 1 aromatic carbocycles. The molecule has 0 aliphatic heterocycles. The van der Waals surface area contributed by atoms with E-state index in [1.54, 1.807) is 11.0 Å². The summed E-state index contributed by atoms with van der Waals surface area (Å²) in [7, 11) is 0. The molecule has 3 atom stereocenters. The van der Waals surface area contributed by atoms with E-state index in [0.29, 0.717) is 24.4 Å². The van der Waals surface area contributed by atoms with Gasteiger partial charge in [0.25, 0.3) is 0 Å². The number of nitrogens with zero attached hydrogens (tertiary/aromatic N) is 1. The maximum absolute atomic E-state index is 13.4. The van der Waals surface area contributed by atoms with Crippen molar-refractivity contribution in [3.05, 3.63) is 36.4 Å². The second-order valence-corrected chi connectivity index (χ2v) is 8.93. The Morgan fingerprint density at radius 2 is 1.90 bits per heavy atom. The summed E-state index contributed by atoms with van der Waals surface area (Å²) >= 11 is 1.19. The number of carboxylic acid groups (broad SMARTS) is 1. The number of hydrogen-bond acceptors (Lipinski definition) is 5. The minimum Gasteiger partial charge on any atom is -0.449 e. The molecule has 2 N–H and O–H groups in total. The first-order chi connectivity index (χ1) is 13.8. The molecule has 29 heavy (non-hydrogen) atoms. The lowest BCUT2D eigenvalue weighted by Crippen LogP contribution is -2.46. The Labute approximate surface area is 174 Å². The van der Waals surface area contributed by atoms with Crippen LogP contribution in [0.3, 0.4) is 0 Å². The molecule has 1 saturated carbocycles. The molecule has 2 aromatic rings. The van der Waals surface area contributed by atoms with Crippen molar-refractivity contribution < 1.29 is 24.5 Å². The van der Waals surface area contributed by atoms with Crippen molar-refractivity contribution in [2.45, 2.75) is 52.2 Å². The smallest absolute Gasteiger partial charge is 0.449 e. The van der Waals surface area contributed by atoms with E-state index in [2.05, 4.69) is 6.92 Å². The monoisotopic (exact) mass is 417 g/mol. The molecule has 1 amide bonds. The maximum Gasteiger partial charge on any atom is 0.512 e. The average molecular weight is 418 g/mol. The van der Waals surface area contributed by atoms with Gasteiger partial charge in [-0.2, -0.15) is 0 Å². The number of amides is 1. The Hall–Kier alpha value is -2.38. The Morgan fingerprint density at radius 3 is 2.48 bits per heavy atom. The number of carbonyl (C=O) groups excluding carboxylic acids is 1. The normalized spacial score (nSPS) is 21.8. The highest BCUT2D eigenvalue weighted by molar-refractivity contribution is 7.18. The van der Waals surface area contributed by atoms with E-state index in [0.717, 1.165) is 16.9 Å². The van der Waals surface area contributed by atoms with Crippen LogP contribution in [0.2, 0.25) is 0 Å². The molecule has 0 saturated heterocycles. The van der Waals surface area contributed by atoms with Gasteiger partial charge >= 0.3 is 6.16 Å². The van der Waals surface area contributed by atoms with Crippen LogP contribution in [0.5, 0.6) is 5.06 Å². The molecule has 3 rings (SSSR count). The molecule has 1 fully saturated rings. The maximum atomic E-state index is 13.4. The molecule has 1 heterocycles. The number of thiophene rings is 1. The molecule has 0 bridgehead atoms. The number of benzene rings is 1. The Balaban J connectivity index is 2.00. The van der Waals surface area contributed by atoms with Gasteiger partial charge in [0.1, 0.15) is 0 Å². The molecule has 0 spiro atoms. The van der Waals surface area contributed by atoms with Crippen LogP contribution in [0.15, 0.2) is 36.4 Å². The fraction of sp³-hybridized carbons (Fsp3) is 0.455. The van der Waals surface area contributed by atoms with Crippen LogP contribution in [0.1, 0.15) is 40.0 Å². The zero-order valence-corrected chi connectivity index (χ0v) is 17.7. The minimum atomic E-state index is -1.42. The first-order valence-electron chi connectivity index (χ1n) is 9.89.